The third-order valence-electron chi connectivity index (χ3n) is 6.31. The van der Waals surface area contributed by atoms with E-state index >= 15 is 0 Å². The molecule has 0 unspecified atom stereocenters. The molecule has 36 heavy (non-hydrogen) atoms. The highest BCUT2D eigenvalue weighted by Crippen LogP contribution is 2.29. The van der Waals surface area contributed by atoms with Crippen LogP contribution < -0.4 is 9.62 Å². The smallest absolute Gasteiger partial charge is 0.264 e. The second kappa shape index (κ2) is 10.8. The van der Waals surface area contributed by atoms with Gasteiger partial charge in [-0.25, -0.2) is 8.42 Å². The van der Waals surface area contributed by atoms with Crippen LogP contribution in [0.2, 0.25) is 0 Å². The Morgan fingerprint density at radius 1 is 0.750 bits per heavy atom. The van der Waals surface area contributed by atoms with Gasteiger partial charge in [0.1, 0.15) is 6.54 Å². The zero-order chi connectivity index (χ0) is 25.7. The van der Waals surface area contributed by atoms with Gasteiger partial charge in [0.05, 0.1) is 16.6 Å². The molecule has 0 aromatic heterocycles. The van der Waals surface area contributed by atoms with Gasteiger partial charge >= 0.3 is 0 Å². The first-order valence-corrected chi connectivity index (χ1v) is 13.3. The van der Waals surface area contributed by atoms with Crippen molar-refractivity contribution in [2.75, 3.05) is 10.8 Å². The number of aryl methyl sites for hydroxylation is 2. The predicted molar refractivity (Wildman–Crippen MR) is 144 cm³/mol. The van der Waals surface area contributed by atoms with Crippen LogP contribution in [0, 0.1) is 20.8 Å². The molecule has 0 bridgehead atoms. The Kier molecular flexibility index (Phi) is 7.55. The molecule has 0 aliphatic rings. The van der Waals surface area contributed by atoms with E-state index in [1.807, 2.05) is 93.6 Å². The van der Waals surface area contributed by atoms with Gasteiger partial charge < -0.3 is 5.32 Å². The summed E-state index contributed by atoms with van der Waals surface area (Å²) in [5, 5.41) is 3.07. The van der Waals surface area contributed by atoms with E-state index in [0.29, 0.717) is 5.69 Å². The van der Waals surface area contributed by atoms with Crippen LogP contribution in [0.15, 0.2) is 108 Å². The summed E-state index contributed by atoms with van der Waals surface area (Å²) in [5.74, 6) is -0.399. The van der Waals surface area contributed by atoms with Crippen molar-refractivity contribution in [2.45, 2.75) is 31.7 Å². The normalized spacial score (nSPS) is 11.3. The molecule has 4 aromatic carbocycles. The number of hydrogen-bond donors (Lipinski definition) is 1. The molecule has 0 aliphatic carbocycles. The van der Waals surface area contributed by atoms with Crippen molar-refractivity contribution in [3.8, 4) is 0 Å². The molecule has 0 fully saturated rings. The van der Waals surface area contributed by atoms with E-state index in [-0.39, 0.29) is 11.4 Å². The molecule has 1 N–H and O–H groups in total. The Hall–Kier alpha value is -3.90. The number of rotatable bonds is 8. The summed E-state index contributed by atoms with van der Waals surface area (Å²) < 4.78 is 28.8. The minimum atomic E-state index is -4.00. The molecule has 0 spiro atoms. The van der Waals surface area contributed by atoms with Gasteiger partial charge in [-0.1, -0.05) is 90.5 Å². The van der Waals surface area contributed by atoms with Gasteiger partial charge in [-0.15, -0.1) is 0 Å². The summed E-state index contributed by atoms with van der Waals surface area (Å²) in [4.78, 5) is 13.6. The standard InChI is InChI=1S/C30H30N2O3S/c1-22-17-19-27(20-18-22)36(34,35)32(28-16-10-11-23(2)24(28)3)21-29(33)31-30(25-12-6-4-7-13-25)26-14-8-5-9-15-26/h4-20,30H,21H2,1-3H3,(H,31,33). The van der Waals surface area contributed by atoms with Crippen molar-refractivity contribution >= 4 is 21.6 Å². The quantitative estimate of drug-likeness (QED) is 0.338. The molecule has 0 saturated carbocycles. The number of amides is 1. The Balaban J connectivity index is 1.72. The fourth-order valence-electron chi connectivity index (χ4n) is 4.13. The van der Waals surface area contributed by atoms with Crippen molar-refractivity contribution in [1.29, 1.82) is 0 Å². The summed E-state index contributed by atoms with van der Waals surface area (Å²) in [5.41, 5.74) is 5.03. The lowest BCUT2D eigenvalue weighted by Crippen LogP contribution is -2.42. The number of sulfonamides is 1. The van der Waals surface area contributed by atoms with E-state index in [2.05, 4.69) is 5.32 Å². The van der Waals surface area contributed by atoms with Crippen LogP contribution in [-0.2, 0) is 14.8 Å². The summed E-state index contributed by atoms with van der Waals surface area (Å²) in [6.45, 7) is 5.35. The van der Waals surface area contributed by atoms with Gasteiger partial charge in [0.25, 0.3) is 10.0 Å². The second-order valence-electron chi connectivity index (χ2n) is 8.87. The molecule has 4 rings (SSSR count). The molecule has 0 heterocycles. The van der Waals surface area contributed by atoms with Crippen LogP contribution in [0.4, 0.5) is 5.69 Å². The molecule has 0 atom stereocenters. The number of nitrogens with zero attached hydrogens (tertiary/aromatic N) is 1. The lowest BCUT2D eigenvalue weighted by molar-refractivity contribution is -0.120. The van der Waals surface area contributed by atoms with Crippen LogP contribution >= 0.6 is 0 Å². The average Bonchev–Trinajstić information content (AvgIpc) is 2.89. The molecule has 4 aromatic rings. The number of anilines is 1. The lowest BCUT2D eigenvalue weighted by atomic mass is 9.99. The van der Waals surface area contributed by atoms with Crippen LogP contribution in [0.25, 0.3) is 0 Å². The lowest BCUT2D eigenvalue weighted by Gasteiger charge is -2.28. The first-order chi connectivity index (χ1) is 17.3. The van der Waals surface area contributed by atoms with E-state index in [4.69, 9.17) is 0 Å². The highest BCUT2D eigenvalue weighted by Gasteiger charge is 2.29. The fourth-order valence-corrected chi connectivity index (χ4v) is 5.61. The SMILES string of the molecule is Cc1ccc(S(=O)(=O)N(CC(=O)NC(c2ccccc2)c2ccccc2)c2cccc(C)c2C)cc1. The molecule has 6 heteroatoms. The number of carbonyl (C=O) groups excluding carboxylic acids is 1. The maximum absolute atomic E-state index is 13.8. The maximum atomic E-state index is 13.8. The van der Waals surface area contributed by atoms with Crippen LogP contribution in [-0.4, -0.2) is 20.9 Å². The molecule has 1 amide bonds. The average molecular weight is 499 g/mol. The molecular weight excluding hydrogens is 468 g/mol. The molecule has 0 radical (unpaired) electrons. The number of benzene rings is 4. The summed E-state index contributed by atoms with van der Waals surface area (Å²) >= 11 is 0. The Bertz CT molecular complexity index is 1400. The predicted octanol–water partition coefficient (Wildman–Crippen LogP) is 5.71. The van der Waals surface area contributed by atoms with Gasteiger partial charge in [0.15, 0.2) is 0 Å². The van der Waals surface area contributed by atoms with Gasteiger partial charge in [-0.2, -0.15) is 0 Å². The van der Waals surface area contributed by atoms with Crippen LogP contribution in [0.3, 0.4) is 0 Å². The first-order valence-electron chi connectivity index (χ1n) is 11.8. The summed E-state index contributed by atoms with van der Waals surface area (Å²) in [6.07, 6.45) is 0. The number of nitrogens with one attached hydrogen (secondary N) is 1. The van der Waals surface area contributed by atoms with Crippen LogP contribution in [0.5, 0.6) is 0 Å². The molecule has 5 nitrogen and oxygen atoms in total. The zero-order valence-electron chi connectivity index (χ0n) is 20.7. The summed E-state index contributed by atoms with van der Waals surface area (Å²) in [7, 11) is -4.00. The van der Waals surface area contributed by atoms with Gasteiger partial charge in [0, 0.05) is 0 Å². The fraction of sp³-hybridized carbons (Fsp3) is 0.167. The highest BCUT2D eigenvalue weighted by atomic mass is 32.2. The molecule has 0 aliphatic heterocycles. The third-order valence-corrected chi connectivity index (χ3v) is 8.09. The van der Waals surface area contributed by atoms with E-state index in [0.717, 1.165) is 27.8 Å². The van der Waals surface area contributed by atoms with Crippen LogP contribution in [0.1, 0.15) is 33.9 Å². The third kappa shape index (κ3) is 5.50. The summed E-state index contributed by atoms with van der Waals surface area (Å²) in [6, 6.07) is 31.1. The first kappa shape index (κ1) is 25.2. The monoisotopic (exact) mass is 498 g/mol. The van der Waals surface area contributed by atoms with Gasteiger partial charge in [0.2, 0.25) is 5.91 Å². The minimum absolute atomic E-state index is 0.143. The van der Waals surface area contributed by atoms with E-state index in [9.17, 15) is 13.2 Å². The topological polar surface area (TPSA) is 66.5 Å². The van der Waals surface area contributed by atoms with E-state index < -0.39 is 22.0 Å². The number of carbonyl (C=O) groups is 1. The second-order valence-corrected chi connectivity index (χ2v) is 10.7. The van der Waals surface area contributed by atoms with E-state index in [1.54, 1.807) is 30.3 Å². The van der Waals surface area contributed by atoms with Gasteiger partial charge in [-0.3, -0.25) is 9.10 Å². The largest absolute Gasteiger partial charge is 0.344 e. The van der Waals surface area contributed by atoms with Crippen molar-refractivity contribution < 1.29 is 13.2 Å². The Morgan fingerprint density at radius 2 is 1.31 bits per heavy atom. The van der Waals surface area contributed by atoms with Crippen molar-refractivity contribution in [1.82, 2.24) is 5.32 Å². The maximum Gasteiger partial charge on any atom is 0.264 e. The van der Waals surface area contributed by atoms with Gasteiger partial charge in [-0.05, 0) is 61.2 Å². The van der Waals surface area contributed by atoms with Crippen molar-refractivity contribution in [3.05, 3.63) is 131 Å². The minimum Gasteiger partial charge on any atom is -0.344 e. The molecule has 184 valence electrons. The molecule has 0 saturated heterocycles. The van der Waals surface area contributed by atoms with E-state index in [1.165, 1.54) is 4.31 Å². The molecular formula is C30H30N2O3S. The van der Waals surface area contributed by atoms with Crippen molar-refractivity contribution in [3.63, 3.8) is 0 Å². The Morgan fingerprint density at radius 3 is 1.86 bits per heavy atom. The zero-order valence-corrected chi connectivity index (χ0v) is 21.5. The Labute approximate surface area is 213 Å². The number of hydrogen-bond acceptors (Lipinski definition) is 3. The van der Waals surface area contributed by atoms with Crippen molar-refractivity contribution in [2.24, 2.45) is 0 Å². The highest BCUT2D eigenvalue weighted by molar-refractivity contribution is 7.92.